The minimum Gasteiger partial charge on any atom is -0.463 e. The van der Waals surface area contributed by atoms with Gasteiger partial charge in [0.1, 0.15) is 26.4 Å². The topological polar surface area (TPSA) is 154 Å². The zero-order valence-electron chi connectivity index (χ0n) is 25.4. The number of nitrogens with one attached hydrogen (secondary N) is 1. The summed E-state index contributed by atoms with van der Waals surface area (Å²) in [5.41, 5.74) is -0.0756. The number of esters is 4. The summed E-state index contributed by atoms with van der Waals surface area (Å²) in [6.45, 7) is 16.4. The van der Waals surface area contributed by atoms with E-state index < -0.39 is 23.3 Å². The maximum absolute atomic E-state index is 11.7. The van der Waals surface area contributed by atoms with Gasteiger partial charge in [0.25, 0.3) is 0 Å². The zero-order valence-corrected chi connectivity index (χ0v) is 25.4. The summed E-state index contributed by atoms with van der Waals surface area (Å²) in [6.07, 6.45) is 0.234. The van der Waals surface area contributed by atoms with E-state index in [0.29, 0.717) is 6.54 Å². The Hall–Kier alpha value is -3.10. The maximum Gasteiger partial charge on any atom is 0.333 e. The highest BCUT2D eigenvalue weighted by Crippen LogP contribution is 2.21. The van der Waals surface area contributed by atoms with E-state index in [1.807, 2.05) is 0 Å². The lowest BCUT2D eigenvalue weighted by atomic mass is 9.92. The molecular formula is C29H47NO12. The summed E-state index contributed by atoms with van der Waals surface area (Å²) < 4.78 is 43.5. The molecule has 240 valence electrons. The van der Waals surface area contributed by atoms with Crippen molar-refractivity contribution in [1.82, 2.24) is 5.32 Å². The van der Waals surface area contributed by atoms with Gasteiger partial charge in [-0.1, -0.05) is 19.7 Å². The summed E-state index contributed by atoms with van der Waals surface area (Å²) in [5, 5.41) is 2.87. The molecule has 0 aromatic rings. The van der Waals surface area contributed by atoms with Crippen molar-refractivity contribution in [3.8, 4) is 0 Å². The molecule has 0 fully saturated rings. The standard InChI is InChI=1S/C29H47NO12/c1-22(2)26(32)40-15-11-36-19-29(20-37-12-16-41-27(33)23(3)4,21-38-13-17-42-28(34)24(5)6)18-35-10-14-39-25(31)8-9-30-7/h30H,1,3,5,8-21H2,2,4,6-7H3. The zero-order chi connectivity index (χ0) is 31.8. The molecule has 0 saturated heterocycles. The van der Waals surface area contributed by atoms with Crippen LogP contribution in [-0.4, -0.2) is 117 Å². The first kappa shape index (κ1) is 38.9. The van der Waals surface area contributed by atoms with Crippen molar-refractivity contribution in [2.24, 2.45) is 5.41 Å². The van der Waals surface area contributed by atoms with Crippen molar-refractivity contribution < 1.29 is 57.1 Å². The SMILES string of the molecule is C=C(C)C(=O)OCCOCC(COCCOC(=O)CCNC)(COCCOC(=O)C(=C)C)COCCOC(=O)C(=C)C. The van der Waals surface area contributed by atoms with Crippen LogP contribution in [0.2, 0.25) is 0 Å². The van der Waals surface area contributed by atoms with Crippen LogP contribution in [0.5, 0.6) is 0 Å². The van der Waals surface area contributed by atoms with E-state index in [4.69, 9.17) is 37.9 Å². The van der Waals surface area contributed by atoms with E-state index in [0.717, 1.165) is 0 Å². The molecule has 1 N–H and O–H groups in total. The second kappa shape index (κ2) is 23.5. The summed E-state index contributed by atoms with van der Waals surface area (Å²) >= 11 is 0. The van der Waals surface area contributed by atoms with Crippen LogP contribution >= 0.6 is 0 Å². The minimum absolute atomic E-state index is 0.000620. The molecule has 0 aromatic heterocycles. The lowest BCUT2D eigenvalue weighted by molar-refractivity contribution is -0.149. The first-order chi connectivity index (χ1) is 19.9. The Kier molecular flexibility index (Phi) is 21.7. The Morgan fingerprint density at radius 1 is 0.548 bits per heavy atom. The molecule has 0 aliphatic carbocycles. The van der Waals surface area contributed by atoms with Crippen LogP contribution in [0.15, 0.2) is 36.5 Å². The highest BCUT2D eigenvalue weighted by molar-refractivity contribution is 5.87. The first-order valence-corrected chi connectivity index (χ1v) is 13.5. The average molecular weight is 602 g/mol. The van der Waals surface area contributed by atoms with Gasteiger partial charge in [-0.05, 0) is 27.8 Å². The van der Waals surface area contributed by atoms with E-state index in [1.165, 1.54) is 0 Å². The summed E-state index contributed by atoms with van der Waals surface area (Å²) in [6, 6.07) is 0. The Morgan fingerprint density at radius 3 is 1.14 bits per heavy atom. The van der Waals surface area contributed by atoms with Crippen molar-refractivity contribution in [2.75, 3.05) is 92.9 Å². The van der Waals surface area contributed by atoms with Gasteiger partial charge in [-0.2, -0.15) is 0 Å². The molecule has 0 aromatic carbocycles. The highest BCUT2D eigenvalue weighted by atomic mass is 16.6. The molecule has 0 heterocycles. The quantitative estimate of drug-likeness (QED) is 0.0660. The second-order valence-electron chi connectivity index (χ2n) is 9.53. The molecule has 0 radical (unpaired) electrons. The normalized spacial score (nSPS) is 11.0. The number of rotatable bonds is 26. The monoisotopic (exact) mass is 601 g/mol. The fourth-order valence-electron chi connectivity index (χ4n) is 2.87. The molecule has 0 aliphatic heterocycles. The minimum atomic E-state index is -0.884. The summed E-state index contributed by atoms with van der Waals surface area (Å²) in [7, 11) is 1.74. The van der Waals surface area contributed by atoms with Crippen LogP contribution in [0.1, 0.15) is 27.2 Å². The number of hydrogen-bond acceptors (Lipinski definition) is 13. The third-order valence-corrected chi connectivity index (χ3v) is 5.13. The Labute approximate surface area is 248 Å². The largest absolute Gasteiger partial charge is 0.463 e. The van der Waals surface area contributed by atoms with Gasteiger partial charge >= 0.3 is 23.9 Å². The molecule has 0 atom stereocenters. The Balaban J connectivity index is 5.25. The van der Waals surface area contributed by atoms with Crippen molar-refractivity contribution in [1.29, 1.82) is 0 Å². The van der Waals surface area contributed by atoms with Crippen LogP contribution in [-0.2, 0) is 57.1 Å². The maximum atomic E-state index is 11.7. The number of ether oxygens (including phenoxy) is 8. The van der Waals surface area contributed by atoms with Crippen molar-refractivity contribution in [3.63, 3.8) is 0 Å². The van der Waals surface area contributed by atoms with Gasteiger partial charge in [-0.15, -0.1) is 0 Å². The summed E-state index contributed by atoms with van der Waals surface area (Å²) in [4.78, 5) is 46.7. The van der Waals surface area contributed by atoms with E-state index in [9.17, 15) is 19.2 Å². The van der Waals surface area contributed by atoms with Crippen LogP contribution < -0.4 is 5.32 Å². The van der Waals surface area contributed by atoms with E-state index in [1.54, 1.807) is 27.8 Å². The average Bonchev–Trinajstić information content (AvgIpc) is 2.94. The Bertz CT molecular complexity index is 797. The fraction of sp³-hybridized carbons (Fsp3) is 0.655. The molecule has 13 heteroatoms. The van der Waals surface area contributed by atoms with Crippen LogP contribution in [0, 0.1) is 5.41 Å². The van der Waals surface area contributed by atoms with Crippen LogP contribution in [0.3, 0.4) is 0 Å². The lowest BCUT2D eigenvalue weighted by Crippen LogP contribution is -2.43. The molecule has 0 unspecified atom stereocenters. The smallest absolute Gasteiger partial charge is 0.333 e. The molecular weight excluding hydrogens is 554 g/mol. The summed E-state index contributed by atoms with van der Waals surface area (Å²) in [5.74, 6) is -1.94. The van der Waals surface area contributed by atoms with E-state index in [-0.39, 0.29) is 108 Å². The highest BCUT2D eigenvalue weighted by Gasteiger charge is 2.33. The van der Waals surface area contributed by atoms with E-state index in [2.05, 4.69) is 25.1 Å². The molecule has 0 bridgehead atoms. The fourth-order valence-corrected chi connectivity index (χ4v) is 2.87. The predicted molar refractivity (Wildman–Crippen MR) is 153 cm³/mol. The van der Waals surface area contributed by atoms with Crippen molar-refractivity contribution in [3.05, 3.63) is 36.5 Å². The molecule has 0 amide bonds. The lowest BCUT2D eigenvalue weighted by Gasteiger charge is -2.33. The van der Waals surface area contributed by atoms with Gasteiger partial charge in [0.15, 0.2) is 0 Å². The predicted octanol–water partition coefficient (Wildman–Crippen LogP) is 1.55. The molecule has 13 nitrogen and oxygen atoms in total. The van der Waals surface area contributed by atoms with Crippen molar-refractivity contribution in [2.45, 2.75) is 27.2 Å². The van der Waals surface area contributed by atoms with E-state index >= 15 is 0 Å². The molecule has 0 saturated carbocycles. The van der Waals surface area contributed by atoms with Gasteiger partial charge in [0, 0.05) is 23.3 Å². The number of carbonyl (C=O) groups excluding carboxylic acids is 4. The van der Waals surface area contributed by atoms with Gasteiger partial charge < -0.3 is 43.2 Å². The van der Waals surface area contributed by atoms with Crippen molar-refractivity contribution >= 4 is 23.9 Å². The third-order valence-electron chi connectivity index (χ3n) is 5.13. The number of hydrogen-bond donors (Lipinski definition) is 1. The van der Waals surface area contributed by atoms with Gasteiger partial charge in [0.05, 0.1) is 64.7 Å². The van der Waals surface area contributed by atoms with Crippen LogP contribution in [0.25, 0.3) is 0 Å². The first-order valence-electron chi connectivity index (χ1n) is 13.5. The molecule has 42 heavy (non-hydrogen) atoms. The third kappa shape index (κ3) is 19.9. The second-order valence-corrected chi connectivity index (χ2v) is 9.53. The molecule has 0 spiro atoms. The molecule has 0 aliphatic rings. The Morgan fingerprint density at radius 2 is 0.857 bits per heavy atom. The van der Waals surface area contributed by atoms with Gasteiger partial charge in [-0.3, -0.25) is 4.79 Å². The molecule has 0 rings (SSSR count). The van der Waals surface area contributed by atoms with Gasteiger partial charge in [-0.25, -0.2) is 14.4 Å². The van der Waals surface area contributed by atoms with Gasteiger partial charge in [0.2, 0.25) is 0 Å². The van der Waals surface area contributed by atoms with Crippen LogP contribution in [0.4, 0.5) is 0 Å². The number of carbonyl (C=O) groups is 4.